The maximum absolute atomic E-state index is 13.8. The molecule has 3 amide bonds. The quantitative estimate of drug-likeness (QED) is 0.329. The molecule has 222 valence electrons. The Morgan fingerprint density at radius 2 is 1.93 bits per heavy atom. The summed E-state index contributed by atoms with van der Waals surface area (Å²) in [4.78, 5) is 47.1. The van der Waals surface area contributed by atoms with Gasteiger partial charge in [-0.2, -0.15) is 0 Å². The number of hydrogen-bond donors (Lipinski definition) is 3. The van der Waals surface area contributed by atoms with Crippen LogP contribution in [-0.2, 0) is 25.7 Å². The Balaban J connectivity index is 1.41. The smallest absolute Gasteiger partial charge is 0.245 e. The van der Waals surface area contributed by atoms with Crippen LogP contribution in [-0.4, -0.2) is 70.7 Å². The van der Waals surface area contributed by atoms with Crippen molar-refractivity contribution in [3.8, 4) is 10.4 Å². The summed E-state index contributed by atoms with van der Waals surface area (Å²) in [6, 6.07) is 6.37. The summed E-state index contributed by atoms with van der Waals surface area (Å²) < 4.78 is 5.39. The van der Waals surface area contributed by atoms with E-state index in [1.807, 2.05) is 42.8 Å². The largest absolute Gasteiger partial charge is 0.391 e. The van der Waals surface area contributed by atoms with E-state index in [2.05, 4.69) is 29.1 Å². The number of aliphatic hydroxyl groups excluding tert-OH is 1. The van der Waals surface area contributed by atoms with E-state index in [1.165, 1.54) is 4.90 Å². The van der Waals surface area contributed by atoms with E-state index in [0.717, 1.165) is 28.1 Å². The molecule has 41 heavy (non-hydrogen) atoms. The normalized spacial score (nSPS) is 20.8. The van der Waals surface area contributed by atoms with Crippen LogP contribution in [0.25, 0.3) is 10.4 Å². The molecular formula is C31H42N4O5S. The number of thiazole rings is 1. The maximum Gasteiger partial charge on any atom is 0.245 e. The van der Waals surface area contributed by atoms with E-state index in [4.69, 9.17) is 4.74 Å². The number of benzene rings is 1. The lowest BCUT2D eigenvalue weighted by Gasteiger charge is -2.30. The van der Waals surface area contributed by atoms with E-state index in [0.29, 0.717) is 45.4 Å². The molecule has 0 bridgehead atoms. The Bertz CT molecular complexity index is 1190. The van der Waals surface area contributed by atoms with Crippen LogP contribution in [0, 0.1) is 18.8 Å². The lowest BCUT2D eigenvalue weighted by atomic mass is 9.95. The van der Waals surface area contributed by atoms with E-state index >= 15 is 0 Å². The average molecular weight is 583 g/mol. The van der Waals surface area contributed by atoms with Crippen LogP contribution in [0.5, 0.6) is 0 Å². The SMILES string of the molecule is C=CC(CC)CCC(NC(=O)C1CCOCC1)C(=O)N1CC(O)CC1C(=O)NCc1ccc(-c2scnc2C)cc1. The molecule has 3 heterocycles. The number of aromatic nitrogens is 1. The van der Waals surface area contributed by atoms with E-state index in [9.17, 15) is 19.5 Å². The topological polar surface area (TPSA) is 121 Å². The van der Waals surface area contributed by atoms with Gasteiger partial charge in [-0.05, 0) is 56.1 Å². The summed E-state index contributed by atoms with van der Waals surface area (Å²) in [7, 11) is 0. The minimum atomic E-state index is -0.806. The maximum atomic E-state index is 13.8. The van der Waals surface area contributed by atoms with E-state index in [-0.39, 0.29) is 42.5 Å². The van der Waals surface area contributed by atoms with Crippen LogP contribution in [0.4, 0.5) is 0 Å². The summed E-state index contributed by atoms with van der Waals surface area (Å²) in [5, 5.41) is 16.4. The van der Waals surface area contributed by atoms with Crippen LogP contribution in [0.3, 0.4) is 0 Å². The fourth-order valence-electron chi connectivity index (χ4n) is 5.54. The van der Waals surface area contributed by atoms with Crippen molar-refractivity contribution >= 4 is 29.1 Å². The monoisotopic (exact) mass is 582 g/mol. The molecule has 0 aliphatic carbocycles. The molecule has 2 saturated heterocycles. The van der Waals surface area contributed by atoms with Crippen LogP contribution in [0.2, 0.25) is 0 Å². The third-order valence-corrected chi connectivity index (χ3v) is 9.16. The molecule has 1 aromatic carbocycles. The first-order valence-corrected chi connectivity index (χ1v) is 15.4. The lowest BCUT2D eigenvalue weighted by molar-refractivity contribution is -0.142. The highest BCUT2D eigenvalue weighted by molar-refractivity contribution is 7.13. The number of ether oxygens (including phenoxy) is 1. The van der Waals surface area contributed by atoms with Crippen molar-refractivity contribution in [2.75, 3.05) is 19.8 Å². The van der Waals surface area contributed by atoms with Crippen molar-refractivity contribution in [3.63, 3.8) is 0 Å². The Hall–Kier alpha value is -3.08. The molecule has 4 atom stereocenters. The number of rotatable bonds is 12. The van der Waals surface area contributed by atoms with Crippen molar-refractivity contribution in [1.29, 1.82) is 0 Å². The number of hydrogen-bond acceptors (Lipinski definition) is 7. The van der Waals surface area contributed by atoms with Gasteiger partial charge in [0.1, 0.15) is 12.1 Å². The van der Waals surface area contributed by atoms with Crippen LogP contribution >= 0.6 is 11.3 Å². The first-order valence-electron chi connectivity index (χ1n) is 14.6. The highest BCUT2D eigenvalue weighted by Gasteiger charge is 2.41. The molecule has 2 aliphatic rings. The third-order valence-electron chi connectivity index (χ3n) is 8.18. The summed E-state index contributed by atoms with van der Waals surface area (Å²) in [6.45, 7) is 9.35. The zero-order valence-corrected chi connectivity index (χ0v) is 24.8. The highest BCUT2D eigenvalue weighted by atomic mass is 32.1. The average Bonchev–Trinajstić information content (AvgIpc) is 3.61. The zero-order chi connectivity index (χ0) is 29.4. The van der Waals surface area contributed by atoms with Gasteiger partial charge in [0.2, 0.25) is 17.7 Å². The fraction of sp³-hybridized carbons (Fsp3) is 0.548. The highest BCUT2D eigenvalue weighted by Crippen LogP contribution is 2.27. The Morgan fingerprint density at radius 3 is 2.56 bits per heavy atom. The minimum Gasteiger partial charge on any atom is -0.391 e. The van der Waals surface area contributed by atoms with Gasteiger partial charge in [0, 0.05) is 38.6 Å². The second kappa shape index (κ2) is 14.7. The summed E-state index contributed by atoms with van der Waals surface area (Å²) in [6.07, 6.45) is 4.48. The summed E-state index contributed by atoms with van der Waals surface area (Å²) in [5.41, 5.74) is 4.81. The minimum absolute atomic E-state index is 0.0577. The van der Waals surface area contributed by atoms with Gasteiger partial charge in [0.05, 0.1) is 22.2 Å². The van der Waals surface area contributed by atoms with Gasteiger partial charge in [-0.1, -0.05) is 37.3 Å². The Kier molecular flexibility index (Phi) is 11.1. The molecule has 0 radical (unpaired) electrons. The number of aliphatic hydroxyl groups is 1. The summed E-state index contributed by atoms with van der Waals surface area (Å²) >= 11 is 1.59. The van der Waals surface area contributed by atoms with Crippen molar-refractivity contribution in [3.05, 3.63) is 53.7 Å². The number of carbonyl (C=O) groups is 3. The second-order valence-electron chi connectivity index (χ2n) is 11.0. The van der Waals surface area contributed by atoms with Gasteiger partial charge in [-0.25, -0.2) is 4.98 Å². The third kappa shape index (κ3) is 8.02. The van der Waals surface area contributed by atoms with Gasteiger partial charge in [-0.3, -0.25) is 14.4 Å². The fourth-order valence-corrected chi connectivity index (χ4v) is 6.35. The number of nitrogens with one attached hydrogen (secondary N) is 2. The van der Waals surface area contributed by atoms with Crippen molar-refractivity contribution in [1.82, 2.24) is 20.5 Å². The zero-order valence-electron chi connectivity index (χ0n) is 24.0. The summed E-state index contributed by atoms with van der Waals surface area (Å²) in [5.74, 6) is -0.777. The molecule has 4 unspecified atom stereocenters. The molecule has 2 aromatic rings. The Labute approximate surface area is 246 Å². The number of carbonyl (C=O) groups excluding carboxylic acids is 3. The van der Waals surface area contributed by atoms with E-state index < -0.39 is 18.2 Å². The molecule has 2 fully saturated rings. The first kappa shape index (κ1) is 30.9. The van der Waals surface area contributed by atoms with Gasteiger partial charge in [-0.15, -0.1) is 17.9 Å². The van der Waals surface area contributed by atoms with Crippen molar-refractivity contribution in [2.45, 2.75) is 77.1 Å². The molecule has 1 aromatic heterocycles. The molecule has 0 spiro atoms. The Morgan fingerprint density at radius 1 is 1.20 bits per heavy atom. The number of amides is 3. The van der Waals surface area contributed by atoms with Gasteiger partial charge in [0.15, 0.2) is 0 Å². The van der Waals surface area contributed by atoms with Crippen molar-refractivity contribution < 1.29 is 24.2 Å². The van der Waals surface area contributed by atoms with Gasteiger partial charge < -0.3 is 25.4 Å². The van der Waals surface area contributed by atoms with Crippen LogP contribution in [0.15, 0.2) is 42.4 Å². The number of likely N-dealkylation sites (tertiary alicyclic amines) is 1. The molecule has 10 heteroatoms. The van der Waals surface area contributed by atoms with E-state index in [1.54, 1.807) is 11.3 Å². The van der Waals surface area contributed by atoms with Gasteiger partial charge in [0.25, 0.3) is 0 Å². The molecule has 3 N–H and O–H groups in total. The standard InChI is InChI=1S/C31H42N4O5S/c1-4-21(5-2)8-11-26(34-29(37)24-12-14-40-15-13-24)31(39)35-18-25(36)16-27(35)30(38)32-17-22-6-9-23(10-7-22)28-20(3)33-19-41-28/h4,6-7,9-10,19,21,24-27,36H,1,5,8,11-18H2,2-3H3,(H,32,38)(H,34,37). The molecule has 9 nitrogen and oxygen atoms in total. The first-order chi connectivity index (χ1) is 19.8. The van der Waals surface area contributed by atoms with Gasteiger partial charge >= 0.3 is 0 Å². The molecule has 0 saturated carbocycles. The number of allylic oxidation sites excluding steroid dienone is 1. The predicted octanol–water partition coefficient (Wildman–Crippen LogP) is 3.60. The second-order valence-corrected chi connectivity index (χ2v) is 11.9. The predicted molar refractivity (Wildman–Crippen MR) is 159 cm³/mol. The lowest BCUT2D eigenvalue weighted by Crippen LogP contribution is -2.54. The van der Waals surface area contributed by atoms with Crippen molar-refractivity contribution in [2.24, 2.45) is 11.8 Å². The van der Waals surface area contributed by atoms with Crippen LogP contribution in [0.1, 0.15) is 56.7 Å². The number of aryl methyl sites for hydroxylation is 1. The number of nitrogens with zero attached hydrogens (tertiary/aromatic N) is 2. The van der Waals surface area contributed by atoms with Crippen LogP contribution < -0.4 is 10.6 Å². The number of β-amino-alcohol motifs (C(OH)–C–C–N with tert-alkyl or cyclic N) is 1. The molecule has 4 rings (SSSR count). The molecule has 2 aliphatic heterocycles. The molecular weight excluding hydrogens is 540 g/mol.